The van der Waals surface area contributed by atoms with Gasteiger partial charge < -0.3 is 10.2 Å². The number of nitrogens with zero attached hydrogens (tertiary/aromatic N) is 3. The molecule has 5 nitrogen and oxygen atoms in total. The van der Waals surface area contributed by atoms with Gasteiger partial charge in [-0.1, -0.05) is 0 Å². The van der Waals surface area contributed by atoms with E-state index >= 15 is 0 Å². The highest BCUT2D eigenvalue weighted by atomic mass is 19.3. The van der Waals surface area contributed by atoms with Gasteiger partial charge in [0.25, 0.3) is 6.43 Å². The summed E-state index contributed by atoms with van der Waals surface area (Å²) in [6, 6.07) is 5.73. The molecule has 0 aliphatic carbocycles. The number of nitrogens with one attached hydrogen (secondary N) is 1. The maximum absolute atomic E-state index is 12.0. The van der Waals surface area contributed by atoms with Gasteiger partial charge in [-0.2, -0.15) is 5.26 Å². The van der Waals surface area contributed by atoms with Crippen molar-refractivity contribution >= 4 is 11.6 Å². The number of nitriles is 1. The van der Waals surface area contributed by atoms with Crippen molar-refractivity contribution in [2.75, 3.05) is 24.5 Å². The van der Waals surface area contributed by atoms with E-state index in [2.05, 4.69) is 21.3 Å². The minimum Gasteiger partial charge on any atom is -0.369 e. The molecule has 118 valence electrons. The third-order valence-electron chi connectivity index (χ3n) is 3.78. The number of aromatic nitrogens is 1. The van der Waals surface area contributed by atoms with E-state index in [1.54, 1.807) is 12.3 Å². The first-order valence-corrected chi connectivity index (χ1v) is 7.25. The zero-order valence-corrected chi connectivity index (χ0v) is 12.1. The van der Waals surface area contributed by atoms with E-state index < -0.39 is 13.0 Å². The molecule has 1 fully saturated rings. The number of anilines is 1. The van der Waals surface area contributed by atoms with Crippen LogP contribution in [-0.2, 0) is 4.79 Å². The molecule has 0 bridgehead atoms. The van der Waals surface area contributed by atoms with Gasteiger partial charge in [0.1, 0.15) is 6.07 Å². The number of carbonyl (C=O) groups excluding carboxylic acids is 1. The maximum atomic E-state index is 12.0. The van der Waals surface area contributed by atoms with Crippen molar-refractivity contribution in [1.82, 2.24) is 10.3 Å². The van der Waals surface area contributed by atoms with Crippen molar-refractivity contribution in [3.63, 3.8) is 0 Å². The molecule has 0 aromatic carbocycles. The molecule has 0 atom stereocenters. The van der Waals surface area contributed by atoms with Crippen LogP contribution in [0.15, 0.2) is 18.3 Å². The van der Waals surface area contributed by atoms with Crippen molar-refractivity contribution in [2.45, 2.75) is 25.7 Å². The van der Waals surface area contributed by atoms with Crippen LogP contribution in [0.25, 0.3) is 0 Å². The molecule has 2 rings (SSSR count). The average molecular weight is 308 g/mol. The summed E-state index contributed by atoms with van der Waals surface area (Å²) >= 11 is 0. The predicted octanol–water partition coefficient (Wildman–Crippen LogP) is 1.94. The number of piperidine rings is 1. The van der Waals surface area contributed by atoms with Crippen LogP contribution in [0.5, 0.6) is 0 Å². The van der Waals surface area contributed by atoms with Gasteiger partial charge in [-0.25, -0.2) is 13.8 Å². The van der Waals surface area contributed by atoms with Crippen molar-refractivity contribution in [3.8, 4) is 6.07 Å². The zero-order valence-electron chi connectivity index (χ0n) is 12.1. The summed E-state index contributed by atoms with van der Waals surface area (Å²) < 4.78 is 24.1. The Bertz CT molecular complexity index is 551. The Morgan fingerprint density at radius 2 is 2.23 bits per heavy atom. The van der Waals surface area contributed by atoms with Crippen LogP contribution in [0.3, 0.4) is 0 Å². The molecule has 1 aliphatic rings. The number of hydrogen-bond acceptors (Lipinski definition) is 4. The third-order valence-corrected chi connectivity index (χ3v) is 3.78. The van der Waals surface area contributed by atoms with Gasteiger partial charge in [0.2, 0.25) is 5.91 Å². The number of hydrogen-bond donors (Lipinski definition) is 1. The molecule has 0 radical (unpaired) electrons. The first kappa shape index (κ1) is 16.1. The summed E-state index contributed by atoms with van der Waals surface area (Å²) in [6.07, 6.45) is 0.936. The normalized spacial score (nSPS) is 15.6. The molecule has 22 heavy (non-hydrogen) atoms. The Morgan fingerprint density at radius 1 is 1.50 bits per heavy atom. The van der Waals surface area contributed by atoms with Crippen molar-refractivity contribution < 1.29 is 13.6 Å². The number of amides is 1. The summed E-state index contributed by atoms with van der Waals surface area (Å²) in [5, 5.41) is 11.3. The summed E-state index contributed by atoms with van der Waals surface area (Å²) in [6.45, 7) is 0.874. The minimum absolute atomic E-state index is 0.191. The van der Waals surface area contributed by atoms with Gasteiger partial charge >= 0.3 is 0 Å². The van der Waals surface area contributed by atoms with Crippen LogP contribution in [0, 0.1) is 17.2 Å². The second-order valence-electron chi connectivity index (χ2n) is 5.31. The van der Waals surface area contributed by atoms with Gasteiger partial charge in [0.05, 0.1) is 12.2 Å². The number of halogens is 2. The minimum atomic E-state index is -2.51. The van der Waals surface area contributed by atoms with Crippen molar-refractivity contribution in [2.24, 2.45) is 5.92 Å². The Balaban J connectivity index is 1.83. The molecule has 1 aromatic rings. The van der Waals surface area contributed by atoms with Gasteiger partial charge in [-0.15, -0.1) is 0 Å². The summed E-state index contributed by atoms with van der Waals surface area (Å²) in [4.78, 5) is 17.7. The fourth-order valence-corrected chi connectivity index (χ4v) is 2.64. The molecule has 1 aliphatic heterocycles. The lowest BCUT2D eigenvalue weighted by molar-refractivity contribution is -0.122. The van der Waals surface area contributed by atoms with Gasteiger partial charge in [0.15, 0.2) is 5.69 Å². The lowest BCUT2D eigenvalue weighted by Gasteiger charge is -2.33. The van der Waals surface area contributed by atoms with Crippen LogP contribution in [0.1, 0.15) is 25.0 Å². The Kier molecular flexibility index (Phi) is 5.64. The van der Waals surface area contributed by atoms with E-state index in [1.165, 1.54) is 0 Å². The lowest BCUT2D eigenvalue weighted by Crippen LogP contribution is -2.37. The van der Waals surface area contributed by atoms with Crippen molar-refractivity contribution in [1.29, 1.82) is 5.26 Å². The highest BCUT2D eigenvalue weighted by molar-refractivity contribution is 5.76. The predicted molar refractivity (Wildman–Crippen MR) is 77.5 cm³/mol. The highest BCUT2D eigenvalue weighted by Gasteiger charge is 2.23. The summed E-state index contributed by atoms with van der Waals surface area (Å²) in [5.74, 6) is -0.131. The first-order chi connectivity index (χ1) is 10.6. The first-order valence-electron chi connectivity index (χ1n) is 7.25. The standard InChI is InChI=1S/C15H18F2N4O/c16-14(17)10-20-15(22)8-11-3-6-21(7-4-11)13-2-1-5-19-12(13)9-18/h1-2,5,11,14H,3-4,6-8,10H2,(H,20,22). The van der Waals surface area contributed by atoms with E-state index in [9.17, 15) is 13.6 Å². The smallest absolute Gasteiger partial charge is 0.255 e. The Hall–Kier alpha value is -2.23. The van der Waals surface area contributed by atoms with Gasteiger partial charge in [-0.05, 0) is 30.9 Å². The third kappa shape index (κ3) is 4.38. The maximum Gasteiger partial charge on any atom is 0.255 e. The highest BCUT2D eigenvalue weighted by Crippen LogP contribution is 2.26. The summed E-state index contributed by atoms with van der Waals surface area (Å²) in [5.41, 5.74) is 1.21. The van der Waals surface area contributed by atoms with E-state index in [0.29, 0.717) is 5.69 Å². The van der Waals surface area contributed by atoms with Crippen LogP contribution >= 0.6 is 0 Å². The number of alkyl halides is 2. The molecule has 1 N–H and O–H groups in total. The van der Waals surface area contributed by atoms with E-state index in [4.69, 9.17) is 5.26 Å². The molecular weight excluding hydrogens is 290 g/mol. The van der Waals surface area contributed by atoms with E-state index in [1.807, 2.05) is 6.07 Å². The fraction of sp³-hybridized carbons (Fsp3) is 0.533. The second kappa shape index (κ2) is 7.69. The topological polar surface area (TPSA) is 69.0 Å². The SMILES string of the molecule is N#Cc1ncccc1N1CCC(CC(=O)NCC(F)F)CC1. The van der Waals surface area contributed by atoms with Crippen molar-refractivity contribution in [3.05, 3.63) is 24.0 Å². The van der Waals surface area contributed by atoms with Crippen LogP contribution < -0.4 is 10.2 Å². The molecule has 1 saturated heterocycles. The van der Waals surface area contributed by atoms with Crippen LogP contribution in [0.4, 0.5) is 14.5 Å². The number of rotatable bonds is 5. The largest absolute Gasteiger partial charge is 0.369 e. The molecule has 2 heterocycles. The van der Waals surface area contributed by atoms with Crippen LogP contribution in [0.2, 0.25) is 0 Å². The second-order valence-corrected chi connectivity index (χ2v) is 5.31. The molecular formula is C15H18F2N4O. The Morgan fingerprint density at radius 3 is 2.86 bits per heavy atom. The molecule has 0 saturated carbocycles. The van der Waals surface area contributed by atoms with Crippen LogP contribution in [-0.4, -0.2) is 37.0 Å². The average Bonchev–Trinajstić information content (AvgIpc) is 2.53. The zero-order chi connectivity index (χ0) is 15.9. The lowest BCUT2D eigenvalue weighted by atomic mass is 9.93. The van der Waals surface area contributed by atoms with E-state index in [-0.39, 0.29) is 18.2 Å². The monoisotopic (exact) mass is 308 g/mol. The molecule has 0 unspecified atom stereocenters. The number of pyridine rings is 1. The molecule has 7 heteroatoms. The quantitative estimate of drug-likeness (QED) is 0.902. The molecule has 0 spiro atoms. The number of carbonyl (C=O) groups is 1. The van der Waals surface area contributed by atoms with Gasteiger partial charge in [0, 0.05) is 25.7 Å². The molecule has 1 amide bonds. The fourth-order valence-electron chi connectivity index (χ4n) is 2.64. The van der Waals surface area contributed by atoms with E-state index in [0.717, 1.165) is 31.6 Å². The van der Waals surface area contributed by atoms with Gasteiger partial charge in [-0.3, -0.25) is 4.79 Å². The molecule has 1 aromatic heterocycles. The summed E-state index contributed by atoms with van der Waals surface area (Å²) in [7, 11) is 0. The Labute approximate surface area is 127 Å².